The van der Waals surface area contributed by atoms with E-state index in [2.05, 4.69) is 15.9 Å². The van der Waals surface area contributed by atoms with Crippen molar-refractivity contribution in [3.8, 4) is 16.9 Å². The molecule has 1 aliphatic heterocycles. The minimum Gasteiger partial charge on any atom is -0.507 e. The van der Waals surface area contributed by atoms with E-state index in [9.17, 15) is 27.9 Å². The van der Waals surface area contributed by atoms with Crippen LogP contribution in [0.2, 0.25) is 0 Å². The molecule has 1 saturated heterocycles. The van der Waals surface area contributed by atoms with E-state index in [0.717, 1.165) is 0 Å². The van der Waals surface area contributed by atoms with Gasteiger partial charge in [0.1, 0.15) is 11.3 Å². The summed E-state index contributed by atoms with van der Waals surface area (Å²) in [6.07, 6.45) is -3.89. The van der Waals surface area contributed by atoms with Crippen molar-refractivity contribution in [3.05, 3.63) is 62.4 Å². The zero-order chi connectivity index (χ0) is 25.3. The highest BCUT2D eigenvalue weighted by molar-refractivity contribution is 9.10. The second-order valence-electron chi connectivity index (χ2n) is 8.38. The van der Waals surface area contributed by atoms with Gasteiger partial charge in [0, 0.05) is 11.0 Å². The van der Waals surface area contributed by atoms with Crippen LogP contribution in [-0.2, 0) is 22.3 Å². The summed E-state index contributed by atoms with van der Waals surface area (Å²) in [7, 11) is 0. The number of fused-ring (bicyclic) bond motifs is 1. The number of ether oxygens (including phenoxy) is 1. The molecule has 2 heterocycles. The van der Waals surface area contributed by atoms with Crippen LogP contribution in [0.5, 0.6) is 5.75 Å². The number of halogens is 4. The molecule has 0 bridgehead atoms. The number of alkyl halides is 3. The van der Waals surface area contributed by atoms with Crippen molar-refractivity contribution in [1.82, 2.24) is 4.90 Å². The zero-order valence-corrected chi connectivity index (χ0v) is 20.4. The molecule has 1 N–H and O–H groups in total. The van der Waals surface area contributed by atoms with Crippen LogP contribution in [0.25, 0.3) is 22.1 Å². The van der Waals surface area contributed by atoms with Crippen molar-refractivity contribution in [1.29, 1.82) is 0 Å². The molecule has 6 nitrogen and oxygen atoms in total. The Morgan fingerprint density at radius 1 is 1.17 bits per heavy atom. The van der Waals surface area contributed by atoms with Crippen LogP contribution in [0, 0.1) is 5.92 Å². The van der Waals surface area contributed by atoms with E-state index in [4.69, 9.17) is 9.15 Å². The number of piperidine rings is 1. The fourth-order valence-corrected chi connectivity index (χ4v) is 4.61. The van der Waals surface area contributed by atoms with E-state index in [-0.39, 0.29) is 46.3 Å². The van der Waals surface area contributed by atoms with Gasteiger partial charge in [-0.1, -0.05) is 28.1 Å². The van der Waals surface area contributed by atoms with Crippen molar-refractivity contribution < 1.29 is 32.2 Å². The Hall–Kier alpha value is -2.85. The lowest BCUT2D eigenvalue weighted by Crippen LogP contribution is -2.36. The van der Waals surface area contributed by atoms with Crippen molar-refractivity contribution in [2.24, 2.45) is 5.92 Å². The number of benzene rings is 2. The fourth-order valence-electron chi connectivity index (χ4n) is 4.35. The Labute approximate surface area is 207 Å². The predicted molar refractivity (Wildman–Crippen MR) is 127 cm³/mol. The first-order chi connectivity index (χ1) is 16.6. The van der Waals surface area contributed by atoms with Gasteiger partial charge in [-0.05, 0) is 62.7 Å². The number of phenolic OH excluding ortho intramolecular Hbond substituents is 1. The lowest BCUT2D eigenvalue weighted by atomic mass is 9.96. The van der Waals surface area contributed by atoms with Crippen LogP contribution >= 0.6 is 15.9 Å². The van der Waals surface area contributed by atoms with Crippen LogP contribution in [0.4, 0.5) is 13.2 Å². The van der Waals surface area contributed by atoms with E-state index in [1.165, 1.54) is 24.3 Å². The van der Waals surface area contributed by atoms with Gasteiger partial charge < -0.3 is 14.3 Å². The molecule has 186 valence electrons. The molecule has 0 amide bonds. The number of nitrogens with zero attached hydrogens (tertiary/aromatic N) is 1. The van der Waals surface area contributed by atoms with Gasteiger partial charge in [0.2, 0.25) is 11.2 Å². The summed E-state index contributed by atoms with van der Waals surface area (Å²) in [5.41, 5.74) is -1.53. The maximum atomic E-state index is 14.0. The third-order valence-corrected chi connectivity index (χ3v) is 6.65. The average molecular weight is 554 g/mol. The number of likely N-dealkylation sites (tertiary alicyclic amines) is 1. The SMILES string of the molecule is CCOC(=O)C1CCN(Cc2c(O)ccc3c(=O)c(-c4ccc(Br)cc4)c(C(F)(F)F)oc23)CC1. The highest BCUT2D eigenvalue weighted by Gasteiger charge is 2.40. The number of rotatable bonds is 5. The van der Waals surface area contributed by atoms with Crippen LogP contribution in [0.15, 0.2) is 50.1 Å². The van der Waals surface area contributed by atoms with Crippen molar-refractivity contribution in [2.45, 2.75) is 32.5 Å². The first kappa shape index (κ1) is 25.2. The maximum Gasteiger partial charge on any atom is 0.450 e. The number of hydrogen-bond acceptors (Lipinski definition) is 6. The number of phenols is 1. The number of carbonyl (C=O) groups is 1. The summed E-state index contributed by atoms with van der Waals surface area (Å²) in [6.45, 7) is 3.06. The van der Waals surface area contributed by atoms with Gasteiger partial charge >= 0.3 is 12.1 Å². The molecule has 2 aromatic carbocycles. The summed E-state index contributed by atoms with van der Waals surface area (Å²) < 4.78 is 53.2. The molecule has 4 rings (SSSR count). The largest absolute Gasteiger partial charge is 0.507 e. The molecule has 0 aliphatic carbocycles. The molecule has 0 atom stereocenters. The van der Waals surface area contributed by atoms with Gasteiger partial charge in [0.15, 0.2) is 0 Å². The lowest BCUT2D eigenvalue weighted by Gasteiger charge is -2.31. The molecule has 0 saturated carbocycles. The molecule has 0 radical (unpaired) electrons. The van der Waals surface area contributed by atoms with Crippen molar-refractivity contribution in [2.75, 3.05) is 19.7 Å². The first-order valence-electron chi connectivity index (χ1n) is 11.1. The Morgan fingerprint density at radius 2 is 1.83 bits per heavy atom. The van der Waals surface area contributed by atoms with Gasteiger partial charge in [0.25, 0.3) is 0 Å². The third kappa shape index (κ3) is 5.23. The summed E-state index contributed by atoms with van der Waals surface area (Å²) >= 11 is 3.24. The molecule has 0 spiro atoms. The number of aromatic hydroxyl groups is 1. The smallest absolute Gasteiger partial charge is 0.450 e. The molecular formula is C25H23BrF3NO5. The first-order valence-corrected chi connectivity index (χ1v) is 11.9. The Bertz CT molecular complexity index is 1300. The summed E-state index contributed by atoms with van der Waals surface area (Å²) in [4.78, 5) is 27.2. The van der Waals surface area contributed by atoms with Crippen molar-refractivity contribution >= 4 is 32.9 Å². The Kier molecular flexibility index (Phi) is 7.23. The van der Waals surface area contributed by atoms with E-state index >= 15 is 0 Å². The zero-order valence-electron chi connectivity index (χ0n) is 18.8. The van der Waals surface area contributed by atoms with Crippen LogP contribution in [0.3, 0.4) is 0 Å². The van der Waals surface area contributed by atoms with Gasteiger partial charge in [-0.3, -0.25) is 14.5 Å². The Balaban J connectivity index is 1.75. The quantitative estimate of drug-likeness (QED) is 0.407. The van der Waals surface area contributed by atoms with Gasteiger partial charge in [0.05, 0.1) is 29.0 Å². The van der Waals surface area contributed by atoms with E-state index < -0.39 is 22.9 Å². The monoisotopic (exact) mass is 553 g/mol. The predicted octanol–water partition coefficient (Wildman–Crippen LogP) is 5.72. The molecule has 10 heteroatoms. The summed E-state index contributed by atoms with van der Waals surface area (Å²) in [5.74, 6) is -2.18. The molecule has 1 aromatic heterocycles. The van der Waals surface area contributed by atoms with Crippen molar-refractivity contribution in [3.63, 3.8) is 0 Å². The summed E-state index contributed by atoms with van der Waals surface area (Å²) in [5, 5.41) is 10.5. The van der Waals surface area contributed by atoms with Gasteiger partial charge in [-0.2, -0.15) is 13.2 Å². The summed E-state index contributed by atoms with van der Waals surface area (Å²) in [6, 6.07) is 8.47. The maximum absolute atomic E-state index is 14.0. The molecular weight excluding hydrogens is 531 g/mol. The number of esters is 1. The second-order valence-corrected chi connectivity index (χ2v) is 9.30. The van der Waals surface area contributed by atoms with Gasteiger partial charge in [-0.15, -0.1) is 0 Å². The minimum atomic E-state index is -4.93. The molecule has 1 aliphatic rings. The van der Waals surface area contributed by atoms with Crippen LogP contribution < -0.4 is 5.43 Å². The minimum absolute atomic E-state index is 0.0508. The topological polar surface area (TPSA) is 80.0 Å². The normalized spacial score (nSPS) is 15.5. The van der Waals surface area contributed by atoms with Crippen LogP contribution in [-0.4, -0.2) is 35.7 Å². The lowest BCUT2D eigenvalue weighted by molar-refractivity contribution is -0.152. The van der Waals surface area contributed by atoms with Gasteiger partial charge in [-0.25, -0.2) is 0 Å². The highest BCUT2D eigenvalue weighted by Crippen LogP contribution is 2.39. The molecule has 3 aromatic rings. The number of carbonyl (C=O) groups excluding carboxylic acids is 1. The molecule has 35 heavy (non-hydrogen) atoms. The van der Waals surface area contributed by atoms with E-state index in [1.54, 1.807) is 19.1 Å². The third-order valence-electron chi connectivity index (χ3n) is 6.12. The Morgan fingerprint density at radius 3 is 2.43 bits per heavy atom. The molecule has 1 fully saturated rings. The standard InChI is InChI=1S/C25H23BrF3NO5/c1-2-34-24(33)15-9-11-30(12-10-15)13-18-19(31)8-7-17-21(32)20(14-3-5-16(26)6-4-14)23(25(27,28)29)35-22(17)18/h3-8,15,31H,2,9-13H2,1H3. The van der Waals surface area contributed by atoms with E-state index in [1.807, 2.05) is 4.90 Å². The highest BCUT2D eigenvalue weighted by atomic mass is 79.9. The number of hydrogen-bond donors (Lipinski definition) is 1. The molecule has 0 unspecified atom stereocenters. The van der Waals surface area contributed by atoms with E-state index in [0.29, 0.717) is 37.0 Å². The second kappa shape index (κ2) is 10.0. The fraction of sp³-hybridized carbons (Fsp3) is 0.360. The van der Waals surface area contributed by atoms with Crippen LogP contribution in [0.1, 0.15) is 31.1 Å². The average Bonchev–Trinajstić information content (AvgIpc) is 2.81.